The Labute approximate surface area is 177 Å². The summed E-state index contributed by atoms with van der Waals surface area (Å²) in [6.07, 6.45) is 0. The van der Waals surface area contributed by atoms with Crippen LogP contribution in [0.15, 0.2) is 60.7 Å². The molecule has 8 nitrogen and oxygen atoms in total. The average Bonchev–Trinajstić information content (AvgIpc) is 2.72. The van der Waals surface area contributed by atoms with Crippen LogP contribution in [0.1, 0.15) is 21.0 Å². The Balaban J connectivity index is 1.45. The van der Waals surface area contributed by atoms with Crippen molar-refractivity contribution in [3.63, 3.8) is 0 Å². The van der Waals surface area contributed by atoms with Crippen LogP contribution in [-0.2, 0) is 5.37 Å². The van der Waals surface area contributed by atoms with Crippen molar-refractivity contribution in [1.82, 2.24) is 9.97 Å². The summed E-state index contributed by atoms with van der Waals surface area (Å²) >= 11 is -2.66. The van der Waals surface area contributed by atoms with Gasteiger partial charge in [0, 0.05) is 0 Å². The first-order chi connectivity index (χ1) is 14.0. The summed E-state index contributed by atoms with van der Waals surface area (Å²) < 4.78 is 10.1. The quantitative estimate of drug-likeness (QED) is 0.352. The molecule has 0 aliphatic heterocycles. The molecular formula is C20H12N2O6Pb. The maximum atomic E-state index is 12.2. The van der Waals surface area contributed by atoms with Crippen LogP contribution in [0, 0.1) is 0 Å². The first-order valence-electron chi connectivity index (χ1n) is 8.38. The molecule has 4 aromatic rings. The number of nitrogens with zero attached hydrogens (tertiary/aromatic N) is 2. The molecule has 9 heteroatoms. The van der Waals surface area contributed by atoms with E-state index in [-0.39, 0.29) is 22.9 Å². The number of rotatable bonds is 4. The van der Waals surface area contributed by atoms with Gasteiger partial charge in [-0.2, -0.15) is 0 Å². The van der Waals surface area contributed by atoms with Crippen LogP contribution in [0.25, 0.3) is 21.8 Å². The summed E-state index contributed by atoms with van der Waals surface area (Å²) in [5.74, 6) is -2.39. The molecule has 2 radical (unpaired) electrons. The fourth-order valence-electron chi connectivity index (χ4n) is 2.70. The van der Waals surface area contributed by atoms with E-state index < -0.39 is 37.1 Å². The van der Waals surface area contributed by atoms with Gasteiger partial charge in [-0.1, -0.05) is 0 Å². The van der Waals surface area contributed by atoms with E-state index in [0.29, 0.717) is 21.8 Å². The van der Waals surface area contributed by atoms with Crippen molar-refractivity contribution in [2.45, 2.75) is 0 Å². The van der Waals surface area contributed by atoms with Crippen LogP contribution in [0.5, 0.6) is 11.5 Å². The molecule has 0 spiro atoms. The van der Waals surface area contributed by atoms with Gasteiger partial charge in [0.15, 0.2) is 0 Å². The number of aromatic hydroxyl groups is 2. The van der Waals surface area contributed by atoms with Gasteiger partial charge in [0.2, 0.25) is 0 Å². The molecule has 4 rings (SSSR count). The summed E-state index contributed by atoms with van der Waals surface area (Å²) in [6.45, 7) is 0. The van der Waals surface area contributed by atoms with Gasteiger partial charge >= 0.3 is 178 Å². The summed E-state index contributed by atoms with van der Waals surface area (Å²) in [4.78, 5) is 32.6. The van der Waals surface area contributed by atoms with Crippen molar-refractivity contribution in [2.75, 3.05) is 0 Å². The van der Waals surface area contributed by atoms with Crippen molar-refractivity contribution in [3.05, 3.63) is 72.1 Å². The Morgan fingerprint density at radius 1 is 0.724 bits per heavy atom. The van der Waals surface area contributed by atoms with E-state index in [1.54, 1.807) is 48.5 Å². The van der Waals surface area contributed by atoms with Gasteiger partial charge in [0.05, 0.1) is 0 Å². The number of hydrogen-bond acceptors (Lipinski definition) is 8. The van der Waals surface area contributed by atoms with Crippen LogP contribution in [0.3, 0.4) is 0 Å². The summed E-state index contributed by atoms with van der Waals surface area (Å²) in [7, 11) is 0. The molecule has 2 aromatic carbocycles. The second-order valence-corrected chi connectivity index (χ2v) is 8.19. The van der Waals surface area contributed by atoms with Crippen LogP contribution in [-0.4, -0.2) is 57.3 Å². The first-order valence-corrected chi connectivity index (χ1v) is 11.5. The number of para-hydroxylation sites is 2. The molecule has 0 amide bonds. The Morgan fingerprint density at radius 2 is 1.14 bits per heavy atom. The van der Waals surface area contributed by atoms with Crippen molar-refractivity contribution in [1.29, 1.82) is 0 Å². The second kappa shape index (κ2) is 7.99. The number of aromatic nitrogens is 2. The zero-order valence-corrected chi connectivity index (χ0v) is 18.6. The van der Waals surface area contributed by atoms with Crippen molar-refractivity contribution in [2.24, 2.45) is 0 Å². The van der Waals surface area contributed by atoms with Crippen molar-refractivity contribution < 1.29 is 25.2 Å². The van der Waals surface area contributed by atoms with E-state index >= 15 is 0 Å². The Morgan fingerprint density at radius 3 is 1.59 bits per heavy atom. The molecule has 0 fully saturated rings. The van der Waals surface area contributed by atoms with E-state index in [9.17, 15) is 19.8 Å². The number of fused-ring (bicyclic) bond motifs is 2. The summed E-state index contributed by atoms with van der Waals surface area (Å²) in [6, 6.07) is 16.8. The Hall–Kier alpha value is -3.28. The third-order valence-electron chi connectivity index (χ3n) is 4.06. The van der Waals surface area contributed by atoms with Crippen molar-refractivity contribution in [3.8, 4) is 11.5 Å². The van der Waals surface area contributed by atoms with E-state index in [1.807, 2.05) is 0 Å². The minimum absolute atomic E-state index is 0.251. The topological polar surface area (TPSA) is 119 Å². The number of pyridine rings is 2. The number of carbonyl (C=O) groups is 2. The fourth-order valence-corrected chi connectivity index (χ4v) is 4.21. The molecule has 0 atom stereocenters. The molecule has 0 saturated heterocycles. The van der Waals surface area contributed by atoms with E-state index in [0.717, 1.165) is 0 Å². The van der Waals surface area contributed by atoms with Crippen molar-refractivity contribution >= 4 is 58.9 Å². The standard InChI is InChI=1S/2C10H7NO3.Pb/c2*12-8-5-6-3-1-2-4-7(6)11-9(8)10(13)14;/h2*1-5,12H,(H,13,14);/q;;+2/p-2. The minimum atomic E-state index is -2.66. The van der Waals surface area contributed by atoms with Gasteiger partial charge in [-0.05, 0) is 0 Å². The molecule has 2 aromatic heterocycles. The maximum absolute atomic E-state index is 12.2. The van der Waals surface area contributed by atoms with E-state index in [1.165, 1.54) is 12.1 Å². The van der Waals surface area contributed by atoms with Gasteiger partial charge in [0.25, 0.3) is 0 Å². The third kappa shape index (κ3) is 3.97. The molecule has 2 N–H and O–H groups in total. The van der Waals surface area contributed by atoms with Crippen LogP contribution in [0.4, 0.5) is 0 Å². The molecule has 142 valence electrons. The monoisotopic (exact) mass is 584 g/mol. The molecule has 0 saturated carbocycles. The van der Waals surface area contributed by atoms with Gasteiger partial charge < -0.3 is 0 Å². The van der Waals surface area contributed by atoms with Crippen LogP contribution < -0.4 is 0 Å². The molecule has 29 heavy (non-hydrogen) atoms. The number of carbonyl (C=O) groups excluding carboxylic acids is 2. The molecule has 0 aliphatic rings. The van der Waals surface area contributed by atoms with Crippen LogP contribution in [0.2, 0.25) is 0 Å². The molecule has 2 heterocycles. The normalized spacial score (nSPS) is 10.8. The molecule has 0 bridgehead atoms. The third-order valence-corrected chi connectivity index (χ3v) is 6.15. The van der Waals surface area contributed by atoms with Gasteiger partial charge in [-0.25, -0.2) is 0 Å². The fraction of sp³-hybridized carbons (Fsp3) is 0. The second-order valence-electron chi connectivity index (χ2n) is 5.96. The first kappa shape index (κ1) is 19.1. The zero-order valence-electron chi connectivity index (χ0n) is 14.7. The SMILES string of the molecule is O=C([O][Pb][O]C(=O)c1nc2ccccc2cc1O)c1nc2ccccc2cc1O. The average molecular weight is 584 g/mol. The Bertz CT molecular complexity index is 1160. The number of hydrogen-bond donors (Lipinski definition) is 2. The molecule has 0 aliphatic carbocycles. The molecule has 0 unspecified atom stereocenters. The molecular weight excluding hydrogens is 571 g/mol. The van der Waals surface area contributed by atoms with Gasteiger partial charge in [-0.15, -0.1) is 0 Å². The summed E-state index contributed by atoms with van der Waals surface area (Å²) in [5.41, 5.74) is 0.540. The predicted octanol–water partition coefficient (Wildman–Crippen LogP) is 2.74. The number of benzene rings is 2. The van der Waals surface area contributed by atoms with Gasteiger partial charge in [-0.3, -0.25) is 0 Å². The van der Waals surface area contributed by atoms with Crippen LogP contribution >= 0.6 is 0 Å². The van der Waals surface area contributed by atoms with E-state index in [4.69, 9.17) is 5.37 Å². The Kier molecular flexibility index (Phi) is 5.25. The zero-order chi connectivity index (χ0) is 20.4. The van der Waals surface area contributed by atoms with Gasteiger partial charge in [0.1, 0.15) is 0 Å². The predicted molar refractivity (Wildman–Crippen MR) is 103 cm³/mol. The summed E-state index contributed by atoms with van der Waals surface area (Å²) in [5, 5.41) is 21.4. The van der Waals surface area contributed by atoms with E-state index in [2.05, 4.69) is 9.97 Å².